The molecule has 2 aromatic carbocycles. The van der Waals surface area contributed by atoms with E-state index in [2.05, 4.69) is 15.4 Å². The molecular formula is C19H17F3N4O2S. The van der Waals surface area contributed by atoms with Gasteiger partial charge in [-0.3, -0.25) is 0 Å². The lowest BCUT2D eigenvalue weighted by atomic mass is 10.0. The quantitative estimate of drug-likeness (QED) is 0.606. The molecule has 0 radical (unpaired) electrons. The molecule has 0 saturated heterocycles. The summed E-state index contributed by atoms with van der Waals surface area (Å²) in [7, 11) is 0. The largest absolute Gasteiger partial charge is 0.457 e. The van der Waals surface area contributed by atoms with Gasteiger partial charge in [0.05, 0.1) is 24.4 Å². The monoisotopic (exact) mass is 422 g/mol. The fourth-order valence-corrected chi connectivity index (χ4v) is 2.80. The number of rotatable bonds is 3. The Balaban J connectivity index is 0.00000240. The van der Waals surface area contributed by atoms with E-state index < -0.39 is 11.7 Å². The molecule has 0 unspecified atom stereocenters. The van der Waals surface area contributed by atoms with Gasteiger partial charge in [0.2, 0.25) is 0 Å². The van der Waals surface area contributed by atoms with Crippen molar-refractivity contribution in [2.75, 3.05) is 0 Å². The third-order valence-electron chi connectivity index (χ3n) is 4.28. The molecule has 6 nitrogen and oxygen atoms in total. The van der Waals surface area contributed by atoms with Gasteiger partial charge in [-0.25, -0.2) is 0 Å². The highest BCUT2D eigenvalue weighted by atomic mass is 32.1. The van der Waals surface area contributed by atoms with E-state index in [1.54, 1.807) is 18.5 Å². The van der Waals surface area contributed by atoms with Gasteiger partial charge < -0.3 is 9.57 Å². The lowest BCUT2D eigenvalue weighted by molar-refractivity contribution is -0.137. The Morgan fingerprint density at radius 2 is 1.86 bits per heavy atom. The van der Waals surface area contributed by atoms with Crippen molar-refractivity contribution in [1.82, 2.24) is 15.0 Å². The number of nitrogens with zero attached hydrogens (tertiary/aromatic N) is 4. The Morgan fingerprint density at radius 1 is 1.10 bits per heavy atom. The number of ether oxygens (including phenoxy) is 1. The van der Waals surface area contributed by atoms with E-state index >= 15 is 0 Å². The van der Waals surface area contributed by atoms with Crippen LogP contribution in [-0.2, 0) is 11.0 Å². The van der Waals surface area contributed by atoms with Crippen molar-refractivity contribution in [2.24, 2.45) is 5.16 Å². The van der Waals surface area contributed by atoms with Gasteiger partial charge in [0.1, 0.15) is 11.5 Å². The Labute approximate surface area is 171 Å². The third-order valence-corrected chi connectivity index (χ3v) is 4.28. The average Bonchev–Trinajstić information content (AvgIpc) is 3.34. The molecule has 1 atom stereocenters. The lowest BCUT2D eigenvalue weighted by Crippen LogP contribution is -2.13. The number of benzene rings is 2. The SMILES string of the molecule is Cc1ccc([C@@H]2CC(n3nccn3)=NO2)cc1Oc1cccc(C(F)(F)F)c1.S. The topological polar surface area (TPSA) is 61.5 Å². The van der Waals surface area contributed by atoms with Gasteiger partial charge >= 0.3 is 6.18 Å². The van der Waals surface area contributed by atoms with Crippen LogP contribution in [0.5, 0.6) is 11.5 Å². The molecule has 10 heteroatoms. The van der Waals surface area contributed by atoms with Crippen LogP contribution in [0.25, 0.3) is 0 Å². The maximum Gasteiger partial charge on any atom is 0.416 e. The van der Waals surface area contributed by atoms with Crippen LogP contribution >= 0.6 is 13.5 Å². The molecule has 0 saturated carbocycles. The highest BCUT2D eigenvalue weighted by Crippen LogP contribution is 2.35. The summed E-state index contributed by atoms with van der Waals surface area (Å²) >= 11 is 0. The summed E-state index contributed by atoms with van der Waals surface area (Å²) in [6.45, 7) is 1.82. The molecule has 0 fully saturated rings. The second kappa shape index (κ2) is 8.16. The van der Waals surface area contributed by atoms with Crippen molar-refractivity contribution in [1.29, 1.82) is 0 Å². The second-order valence-electron chi connectivity index (χ2n) is 6.28. The van der Waals surface area contributed by atoms with Gasteiger partial charge in [-0.05, 0) is 42.3 Å². The minimum absolute atomic E-state index is 0. The lowest BCUT2D eigenvalue weighted by Gasteiger charge is -2.14. The molecule has 4 rings (SSSR count). The second-order valence-corrected chi connectivity index (χ2v) is 6.28. The zero-order valence-electron chi connectivity index (χ0n) is 15.2. The summed E-state index contributed by atoms with van der Waals surface area (Å²) in [5.74, 6) is 1.13. The minimum Gasteiger partial charge on any atom is -0.457 e. The van der Waals surface area contributed by atoms with Crippen molar-refractivity contribution in [2.45, 2.75) is 25.6 Å². The van der Waals surface area contributed by atoms with Crippen molar-refractivity contribution in [3.05, 3.63) is 71.5 Å². The normalized spacial score (nSPS) is 16.0. The van der Waals surface area contributed by atoms with Crippen molar-refractivity contribution < 1.29 is 22.7 Å². The van der Waals surface area contributed by atoms with E-state index in [9.17, 15) is 13.2 Å². The van der Waals surface area contributed by atoms with E-state index in [-0.39, 0.29) is 25.3 Å². The first-order valence-electron chi connectivity index (χ1n) is 8.45. The number of oxime groups is 1. The van der Waals surface area contributed by atoms with Crippen LogP contribution in [-0.4, -0.2) is 20.8 Å². The first kappa shape index (κ1) is 20.7. The third kappa shape index (κ3) is 4.53. The zero-order chi connectivity index (χ0) is 19.7. The molecule has 1 aliphatic rings. The predicted molar refractivity (Wildman–Crippen MR) is 104 cm³/mol. The van der Waals surface area contributed by atoms with Crippen molar-refractivity contribution in [3.8, 4) is 11.5 Å². The standard InChI is InChI=1S/C19H15F3N4O2.H2S/c1-12-5-6-13(17-11-18(25-28-17)26-23-7-8-24-26)9-16(12)27-15-4-2-3-14(10-15)19(20,21)22;/h2-10,17H,11H2,1H3;1H2/t17-;/m0./s1. The zero-order valence-corrected chi connectivity index (χ0v) is 16.2. The van der Waals surface area contributed by atoms with Gasteiger partial charge in [-0.1, -0.05) is 23.4 Å². The Hall–Kier alpha value is -3.01. The van der Waals surface area contributed by atoms with Crippen LogP contribution in [0.15, 0.2) is 60.0 Å². The fraction of sp³-hybridized carbons (Fsp3) is 0.211. The first-order valence-corrected chi connectivity index (χ1v) is 8.45. The maximum absolute atomic E-state index is 12.9. The molecule has 0 bridgehead atoms. The number of hydrogen-bond donors (Lipinski definition) is 0. The molecule has 0 amide bonds. The van der Waals surface area contributed by atoms with Gasteiger partial charge in [-0.15, -0.1) is 4.80 Å². The van der Waals surface area contributed by atoms with Crippen LogP contribution < -0.4 is 4.74 Å². The number of aromatic nitrogens is 3. The Morgan fingerprint density at radius 3 is 2.59 bits per heavy atom. The first-order chi connectivity index (χ1) is 13.4. The average molecular weight is 422 g/mol. The predicted octanol–water partition coefficient (Wildman–Crippen LogP) is 4.83. The van der Waals surface area contributed by atoms with Crippen LogP contribution in [0.1, 0.15) is 29.2 Å². The molecular weight excluding hydrogens is 405 g/mol. The molecule has 152 valence electrons. The molecule has 0 aliphatic carbocycles. The summed E-state index contributed by atoms with van der Waals surface area (Å²) in [5, 5.41) is 12.0. The van der Waals surface area contributed by atoms with Crippen molar-refractivity contribution in [3.63, 3.8) is 0 Å². The van der Waals surface area contributed by atoms with Crippen LogP contribution in [0.4, 0.5) is 13.2 Å². The summed E-state index contributed by atoms with van der Waals surface area (Å²) in [6.07, 6.45) is -1.24. The maximum atomic E-state index is 12.9. The number of halogens is 3. The summed E-state index contributed by atoms with van der Waals surface area (Å²) < 4.78 is 44.5. The number of alkyl halides is 3. The van der Waals surface area contributed by atoms with Gasteiger partial charge in [0.15, 0.2) is 11.9 Å². The summed E-state index contributed by atoms with van der Waals surface area (Å²) in [6, 6.07) is 10.2. The van der Waals surface area contributed by atoms with E-state index in [1.807, 2.05) is 19.1 Å². The van der Waals surface area contributed by atoms with E-state index in [0.717, 1.165) is 23.3 Å². The number of aryl methyl sites for hydroxylation is 1. The van der Waals surface area contributed by atoms with Crippen LogP contribution in [0.3, 0.4) is 0 Å². The molecule has 1 aliphatic heterocycles. The van der Waals surface area contributed by atoms with E-state index in [0.29, 0.717) is 18.0 Å². The molecule has 0 N–H and O–H groups in total. The Bertz CT molecular complexity index is 1020. The fourth-order valence-electron chi connectivity index (χ4n) is 2.80. The van der Waals surface area contributed by atoms with Crippen LogP contribution in [0.2, 0.25) is 0 Å². The molecule has 0 spiro atoms. The molecule has 1 aromatic heterocycles. The minimum atomic E-state index is -4.43. The highest BCUT2D eigenvalue weighted by Gasteiger charge is 2.31. The summed E-state index contributed by atoms with van der Waals surface area (Å²) in [5.41, 5.74) is 0.815. The van der Waals surface area contributed by atoms with Crippen LogP contribution in [0, 0.1) is 6.92 Å². The molecule has 3 aromatic rings. The van der Waals surface area contributed by atoms with Gasteiger partial charge in [0, 0.05) is 0 Å². The Kier molecular flexibility index (Phi) is 5.83. The van der Waals surface area contributed by atoms with Gasteiger partial charge in [-0.2, -0.15) is 36.9 Å². The van der Waals surface area contributed by atoms with Crippen molar-refractivity contribution >= 4 is 19.3 Å². The van der Waals surface area contributed by atoms with E-state index in [1.165, 1.54) is 16.9 Å². The highest BCUT2D eigenvalue weighted by molar-refractivity contribution is 7.59. The molecule has 29 heavy (non-hydrogen) atoms. The smallest absolute Gasteiger partial charge is 0.416 e. The van der Waals surface area contributed by atoms with Gasteiger partial charge in [0.25, 0.3) is 0 Å². The van der Waals surface area contributed by atoms with E-state index in [4.69, 9.17) is 9.57 Å². The molecule has 2 heterocycles. The number of hydrogen-bond acceptors (Lipinski definition) is 5. The summed E-state index contributed by atoms with van der Waals surface area (Å²) in [4.78, 5) is 6.85.